The van der Waals surface area contributed by atoms with Crippen LogP contribution in [0.5, 0.6) is 0 Å². The summed E-state index contributed by atoms with van der Waals surface area (Å²) in [5.41, 5.74) is 2.96. The molecule has 0 spiro atoms. The van der Waals surface area contributed by atoms with Crippen LogP contribution in [0.1, 0.15) is 0 Å². The highest BCUT2D eigenvalue weighted by atomic mass is 79.9. The van der Waals surface area contributed by atoms with Crippen molar-refractivity contribution in [2.45, 2.75) is 0 Å². The molecule has 0 unspecified atom stereocenters. The first-order valence-electron chi connectivity index (χ1n) is 6.65. The maximum atomic E-state index is 4.70. The van der Waals surface area contributed by atoms with Crippen LogP contribution in [0.2, 0.25) is 0 Å². The highest BCUT2D eigenvalue weighted by Gasteiger charge is 2.10. The summed E-state index contributed by atoms with van der Waals surface area (Å²) in [4.78, 5) is 9.26. The first-order chi connectivity index (χ1) is 10.3. The molecule has 0 aliphatic rings. The van der Waals surface area contributed by atoms with Gasteiger partial charge in [0.25, 0.3) is 0 Å². The molecule has 1 N–H and O–H groups in total. The van der Waals surface area contributed by atoms with E-state index in [-0.39, 0.29) is 0 Å². The number of nitrogens with zero attached hydrogens (tertiary/aromatic N) is 2. The van der Waals surface area contributed by atoms with Gasteiger partial charge in [-0.15, -0.1) is 0 Å². The van der Waals surface area contributed by atoms with Crippen molar-refractivity contribution in [2.75, 3.05) is 12.4 Å². The van der Waals surface area contributed by atoms with Crippen molar-refractivity contribution >= 4 is 21.7 Å². The lowest BCUT2D eigenvalue weighted by Gasteiger charge is -2.09. The number of aromatic nitrogens is 2. The standard InChI is InChI=1S/C17H14BrN3/c1-19-16-11-15(12-7-3-2-4-8-12)20-17(21-16)13-9-5-6-10-14(13)18/h2-11H,1H3,(H,19,20,21). The van der Waals surface area contributed by atoms with Gasteiger partial charge < -0.3 is 5.32 Å². The van der Waals surface area contributed by atoms with Crippen LogP contribution < -0.4 is 5.32 Å². The van der Waals surface area contributed by atoms with Gasteiger partial charge in [0.1, 0.15) is 5.82 Å². The fourth-order valence-electron chi connectivity index (χ4n) is 2.10. The molecule has 0 saturated carbocycles. The van der Waals surface area contributed by atoms with Gasteiger partial charge in [-0.3, -0.25) is 0 Å². The molecule has 21 heavy (non-hydrogen) atoms. The average Bonchev–Trinajstić information content (AvgIpc) is 2.55. The van der Waals surface area contributed by atoms with E-state index in [1.54, 1.807) is 0 Å². The van der Waals surface area contributed by atoms with Crippen molar-refractivity contribution in [3.05, 3.63) is 65.1 Å². The van der Waals surface area contributed by atoms with Crippen molar-refractivity contribution < 1.29 is 0 Å². The van der Waals surface area contributed by atoms with Gasteiger partial charge in [0.05, 0.1) is 5.69 Å². The van der Waals surface area contributed by atoms with E-state index in [1.807, 2.05) is 67.7 Å². The highest BCUT2D eigenvalue weighted by Crippen LogP contribution is 2.28. The second-order valence-electron chi connectivity index (χ2n) is 4.56. The van der Waals surface area contributed by atoms with Gasteiger partial charge in [-0.05, 0) is 6.07 Å². The Hall–Kier alpha value is -2.20. The molecule has 0 bridgehead atoms. The SMILES string of the molecule is CNc1cc(-c2ccccc2)nc(-c2ccccc2Br)n1. The molecule has 2 aromatic carbocycles. The Bertz CT molecular complexity index is 757. The molecule has 3 aromatic rings. The molecule has 3 nitrogen and oxygen atoms in total. The molecule has 0 radical (unpaired) electrons. The summed E-state index contributed by atoms with van der Waals surface area (Å²) in [6.07, 6.45) is 0. The smallest absolute Gasteiger partial charge is 0.163 e. The largest absolute Gasteiger partial charge is 0.373 e. The molecule has 0 saturated heterocycles. The fourth-order valence-corrected chi connectivity index (χ4v) is 2.56. The van der Waals surface area contributed by atoms with Crippen LogP contribution in [-0.2, 0) is 0 Å². The fraction of sp³-hybridized carbons (Fsp3) is 0.0588. The van der Waals surface area contributed by atoms with Gasteiger partial charge in [-0.1, -0.05) is 64.5 Å². The topological polar surface area (TPSA) is 37.8 Å². The van der Waals surface area contributed by atoms with Crippen LogP contribution in [0.15, 0.2) is 65.1 Å². The van der Waals surface area contributed by atoms with Crippen molar-refractivity contribution in [1.29, 1.82) is 0 Å². The zero-order chi connectivity index (χ0) is 14.7. The lowest BCUT2D eigenvalue weighted by atomic mass is 10.1. The van der Waals surface area contributed by atoms with Gasteiger partial charge in [-0.2, -0.15) is 0 Å². The van der Waals surface area contributed by atoms with Crippen molar-refractivity contribution in [2.24, 2.45) is 0 Å². The van der Waals surface area contributed by atoms with E-state index in [0.717, 1.165) is 27.1 Å². The molecule has 0 atom stereocenters. The van der Waals surface area contributed by atoms with Crippen LogP contribution in [-0.4, -0.2) is 17.0 Å². The van der Waals surface area contributed by atoms with E-state index in [4.69, 9.17) is 4.98 Å². The number of hydrogen-bond acceptors (Lipinski definition) is 3. The molecule has 0 fully saturated rings. The Morgan fingerprint density at radius 2 is 1.62 bits per heavy atom. The van der Waals surface area contributed by atoms with Gasteiger partial charge in [0, 0.05) is 28.7 Å². The normalized spacial score (nSPS) is 10.4. The van der Waals surface area contributed by atoms with Gasteiger partial charge in [-0.25, -0.2) is 9.97 Å². The maximum Gasteiger partial charge on any atom is 0.163 e. The Morgan fingerprint density at radius 3 is 2.33 bits per heavy atom. The van der Waals surface area contributed by atoms with E-state index in [9.17, 15) is 0 Å². The second-order valence-corrected chi connectivity index (χ2v) is 5.41. The number of nitrogens with one attached hydrogen (secondary N) is 1. The van der Waals surface area contributed by atoms with E-state index in [2.05, 4.69) is 26.2 Å². The summed E-state index contributed by atoms with van der Waals surface area (Å²) < 4.78 is 0.984. The van der Waals surface area contributed by atoms with Crippen molar-refractivity contribution in [3.63, 3.8) is 0 Å². The summed E-state index contributed by atoms with van der Waals surface area (Å²) in [5, 5.41) is 3.10. The molecular formula is C17H14BrN3. The molecular weight excluding hydrogens is 326 g/mol. The third kappa shape index (κ3) is 2.95. The summed E-state index contributed by atoms with van der Waals surface area (Å²) in [5.74, 6) is 1.50. The zero-order valence-electron chi connectivity index (χ0n) is 11.5. The molecule has 104 valence electrons. The molecule has 3 rings (SSSR count). The second kappa shape index (κ2) is 6.06. The van der Waals surface area contributed by atoms with Crippen molar-refractivity contribution in [3.8, 4) is 22.6 Å². The summed E-state index contributed by atoms with van der Waals surface area (Å²) in [6, 6.07) is 20.0. The third-order valence-electron chi connectivity index (χ3n) is 3.17. The first-order valence-corrected chi connectivity index (χ1v) is 7.44. The highest BCUT2D eigenvalue weighted by molar-refractivity contribution is 9.10. The maximum absolute atomic E-state index is 4.70. The van der Waals surface area contributed by atoms with Crippen LogP contribution in [0, 0.1) is 0 Å². The number of halogens is 1. The van der Waals surface area contributed by atoms with E-state index < -0.39 is 0 Å². The molecule has 0 amide bonds. The minimum Gasteiger partial charge on any atom is -0.373 e. The predicted molar refractivity (Wildman–Crippen MR) is 90.2 cm³/mol. The Morgan fingerprint density at radius 1 is 0.905 bits per heavy atom. The first kappa shape index (κ1) is 13.8. The minimum absolute atomic E-state index is 0.702. The van der Waals surface area contributed by atoms with Crippen molar-refractivity contribution in [1.82, 2.24) is 9.97 Å². The van der Waals surface area contributed by atoms with Crippen LogP contribution >= 0.6 is 15.9 Å². The lowest BCUT2D eigenvalue weighted by molar-refractivity contribution is 1.17. The molecule has 1 heterocycles. The summed E-state index contributed by atoms with van der Waals surface area (Å²) in [7, 11) is 1.86. The minimum atomic E-state index is 0.702. The Labute approximate surface area is 132 Å². The third-order valence-corrected chi connectivity index (χ3v) is 3.86. The number of hydrogen-bond donors (Lipinski definition) is 1. The van der Waals surface area contributed by atoms with Crippen LogP contribution in [0.4, 0.5) is 5.82 Å². The van der Waals surface area contributed by atoms with Crippen LogP contribution in [0.3, 0.4) is 0 Å². The molecule has 0 aliphatic heterocycles. The Kier molecular flexibility index (Phi) is 3.97. The van der Waals surface area contributed by atoms with Gasteiger partial charge in [0.15, 0.2) is 5.82 Å². The van der Waals surface area contributed by atoms with Gasteiger partial charge in [0.2, 0.25) is 0 Å². The summed E-state index contributed by atoms with van der Waals surface area (Å²) in [6.45, 7) is 0. The zero-order valence-corrected chi connectivity index (χ0v) is 13.1. The van der Waals surface area contributed by atoms with E-state index in [0.29, 0.717) is 5.82 Å². The Balaban J connectivity index is 2.17. The number of benzene rings is 2. The predicted octanol–water partition coefficient (Wildman–Crippen LogP) is 4.61. The quantitative estimate of drug-likeness (QED) is 0.756. The van der Waals surface area contributed by atoms with E-state index in [1.165, 1.54) is 0 Å². The molecule has 4 heteroatoms. The summed E-state index contributed by atoms with van der Waals surface area (Å²) >= 11 is 3.56. The lowest BCUT2D eigenvalue weighted by Crippen LogP contribution is -1.99. The van der Waals surface area contributed by atoms with Gasteiger partial charge >= 0.3 is 0 Å². The number of anilines is 1. The number of rotatable bonds is 3. The monoisotopic (exact) mass is 339 g/mol. The van der Waals surface area contributed by atoms with Crippen LogP contribution in [0.25, 0.3) is 22.6 Å². The molecule has 0 aliphatic carbocycles. The van der Waals surface area contributed by atoms with E-state index >= 15 is 0 Å². The molecule has 1 aromatic heterocycles. The average molecular weight is 340 g/mol.